The molecule has 0 aromatic carbocycles. The number of nitrogens with two attached hydrogens (primary N) is 1. The summed E-state index contributed by atoms with van der Waals surface area (Å²) >= 11 is 1.82. The SMILES string of the molecule is CCCc1nc(N2CCC(N3CCCCC3)C2)sc1CN. The van der Waals surface area contributed by atoms with E-state index < -0.39 is 0 Å². The Morgan fingerprint density at radius 1 is 1.24 bits per heavy atom. The summed E-state index contributed by atoms with van der Waals surface area (Å²) in [4.78, 5) is 11.4. The molecule has 0 amide bonds. The lowest BCUT2D eigenvalue weighted by Crippen LogP contribution is -2.40. The van der Waals surface area contributed by atoms with Crippen molar-refractivity contribution in [2.75, 3.05) is 31.1 Å². The van der Waals surface area contributed by atoms with Gasteiger partial charge < -0.3 is 10.6 Å². The molecular formula is C16H28N4S. The van der Waals surface area contributed by atoms with Crippen LogP contribution in [0.1, 0.15) is 49.6 Å². The zero-order chi connectivity index (χ0) is 14.7. The third-order valence-electron chi connectivity index (χ3n) is 4.78. The van der Waals surface area contributed by atoms with E-state index in [9.17, 15) is 0 Å². The van der Waals surface area contributed by atoms with Crippen molar-refractivity contribution in [2.45, 2.75) is 58.0 Å². The van der Waals surface area contributed by atoms with Crippen LogP contribution in [0.2, 0.25) is 0 Å². The van der Waals surface area contributed by atoms with Crippen molar-refractivity contribution >= 4 is 16.5 Å². The van der Waals surface area contributed by atoms with E-state index in [-0.39, 0.29) is 0 Å². The highest BCUT2D eigenvalue weighted by atomic mass is 32.1. The van der Waals surface area contributed by atoms with E-state index in [1.165, 1.54) is 54.5 Å². The number of thiazole rings is 1. The van der Waals surface area contributed by atoms with Crippen molar-refractivity contribution in [3.05, 3.63) is 10.6 Å². The molecule has 2 N–H and O–H groups in total. The molecule has 4 nitrogen and oxygen atoms in total. The molecule has 0 spiro atoms. The number of rotatable bonds is 5. The smallest absolute Gasteiger partial charge is 0.185 e. The monoisotopic (exact) mass is 308 g/mol. The van der Waals surface area contributed by atoms with Crippen LogP contribution in [0.25, 0.3) is 0 Å². The number of aromatic nitrogens is 1. The van der Waals surface area contributed by atoms with Crippen molar-refractivity contribution in [1.82, 2.24) is 9.88 Å². The van der Waals surface area contributed by atoms with Gasteiger partial charge in [0.1, 0.15) is 0 Å². The lowest BCUT2D eigenvalue weighted by atomic mass is 10.1. The van der Waals surface area contributed by atoms with E-state index >= 15 is 0 Å². The number of likely N-dealkylation sites (tertiary alicyclic amines) is 1. The minimum atomic E-state index is 0.635. The highest BCUT2D eigenvalue weighted by Gasteiger charge is 2.30. The summed E-state index contributed by atoms with van der Waals surface area (Å²) in [6.07, 6.45) is 7.68. The van der Waals surface area contributed by atoms with Crippen LogP contribution in [0.4, 0.5) is 5.13 Å². The Morgan fingerprint density at radius 2 is 2.05 bits per heavy atom. The molecule has 118 valence electrons. The number of piperidine rings is 1. The minimum absolute atomic E-state index is 0.635. The maximum absolute atomic E-state index is 5.88. The molecule has 1 aromatic rings. The van der Waals surface area contributed by atoms with Crippen molar-refractivity contribution in [3.8, 4) is 0 Å². The van der Waals surface area contributed by atoms with Gasteiger partial charge >= 0.3 is 0 Å². The van der Waals surface area contributed by atoms with Crippen LogP contribution in [-0.4, -0.2) is 42.1 Å². The summed E-state index contributed by atoms with van der Waals surface area (Å²) in [7, 11) is 0. The first-order valence-corrected chi connectivity index (χ1v) is 9.31. The van der Waals surface area contributed by atoms with Gasteiger partial charge in [-0.05, 0) is 38.8 Å². The second-order valence-electron chi connectivity index (χ2n) is 6.31. The number of aryl methyl sites for hydroxylation is 1. The van der Waals surface area contributed by atoms with Crippen molar-refractivity contribution in [2.24, 2.45) is 5.73 Å². The summed E-state index contributed by atoms with van der Waals surface area (Å²) in [5.74, 6) is 0. The van der Waals surface area contributed by atoms with Crippen LogP contribution >= 0.6 is 11.3 Å². The summed E-state index contributed by atoms with van der Waals surface area (Å²) in [5, 5.41) is 1.21. The number of nitrogens with zero attached hydrogens (tertiary/aromatic N) is 3. The molecule has 3 rings (SSSR count). The average molecular weight is 308 g/mol. The summed E-state index contributed by atoms with van der Waals surface area (Å²) in [6.45, 7) is 7.75. The third kappa shape index (κ3) is 3.41. The molecule has 1 unspecified atom stereocenters. The fourth-order valence-corrected chi connectivity index (χ4v) is 4.61. The maximum Gasteiger partial charge on any atom is 0.185 e. The van der Waals surface area contributed by atoms with E-state index in [0.717, 1.165) is 32.0 Å². The second kappa shape index (κ2) is 7.07. The molecule has 1 aromatic heterocycles. The van der Waals surface area contributed by atoms with E-state index in [1.807, 2.05) is 11.3 Å². The quantitative estimate of drug-likeness (QED) is 0.908. The van der Waals surface area contributed by atoms with Crippen LogP contribution in [0.5, 0.6) is 0 Å². The van der Waals surface area contributed by atoms with E-state index in [0.29, 0.717) is 6.54 Å². The lowest BCUT2D eigenvalue weighted by molar-refractivity contribution is 0.175. The standard InChI is InChI=1S/C16H28N4S/c1-2-6-14-15(11-17)21-16(18-14)20-10-7-13(12-20)19-8-4-3-5-9-19/h13H,2-12,17H2,1H3. The molecule has 2 saturated heterocycles. The topological polar surface area (TPSA) is 45.4 Å². The fraction of sp³-hybridized carbons (Fsp3) is 0.812. The van der Waals surface area contributed by atoms with Gasteiger partial charge in [-0.1, -0.05) is 19.8 Å². The fourth-order valence-electron chi connectivity index (χ4n) is 3.59. The van der Waals surface area contributed by atoms with Gasteiger partial charge in [0.05, 0.1) is 5.69 Å². The Morgan fingerprint density at radius 3 is 2.76 bits per heavy atom. The van der Waals surface area contributed by atoms with Crippen LogP contribution in [0.3, 0.4) is 0 Å². The van der Waals surface area contributed by atoms with E-state index in [2.05, 4.69) is 16.7 Å². The molecule has 1 atom stereocenters. The predicted molar refractivity (Wildman–Crippen MR) is 90.0 cm³/mol. The predicted octanol–water partition coefficient (Wildman–Crippen LogP) is 2.62. The molecule has 5 heteroatoms. The van der Waals surface area contributed by atoms with Gasteiger partial charge in [0.15, 0.2) is 5.13 Å². The Bertz CT molecular complexity index is 453. The Balaban J connectivity index is 1.65. The van der Waals surface area contributed by atoms with Gasteiger partial charge in [0.25, 0.3) is 0 Å². The highest BCUT2D eigenvalue weighted by molar-refractivity contribution is 7.15. The molecule has 0 radical (unpaired) electrons. The van der Waals surface area contributed by atoms with Gasteiger partial charge in [-0.25, -0.2) is 4.98 Å². The Kier molecular flexibility index (Phi) is 5.14. The normalized spacial score (nSPS) is 23.9. The first-order valence-electron chi connectivity index (χ1n) is 8.49. The molecule has 3 heterocycles. The molecule has 0 saturated carbocycles. The third-order valence-corrected chi connectivity index (χ3v) is 5.96. The molecule has 0 aliphatic carbocycles. The molecule has 21 heavy (non-hydrogen) atoms. The number of anilines is 1. The van der Waals surface area contributed by atoms with Crippen LogP contribution in [0, 0.1) is 0 Å². The molecule has 0 bridgehead atoms. The lowest BCUT2D eigenvalue weighted by Gasteiger charge is -2.32. The van der Waals surface area contributed by atoms with E-state index in [4.69, 9.17) is 10.7 Å². The van der Waals surface area contributed by atoms with Crippen molar-refractivity contribution in [3.63, 3.8) is 0 Å². The van der Waals surface area contributed by atoms with Crippen molar-refractivity contribution in [1.29, 1.82) is 0 Å². The first kappa shape index (κ1) is 15.3. The highest BCUT2D eigenvalue weighted by Crippen LogP contribution is 2.31. The first-order chi connectivity index (χ1) is 10.3. The zero-order valence-corrected chi connectivity index (χ0v) is 14.0. The summed E-state index contributed by atoms with van der Waals surface area (Å²) in [5.41, 5.74) is 7.12. The Labute approximate surface area is 132 Å². The average Bonchev–Trinajstić information content (AvgIpc) is 3.15. The maximum atomic E-state index is 5.88. The van der Waals surface area contributed by atoms with E-state index in [1.54, 1.807) is 0 Å². The largest absolute Gasteiger partial charge is 0.346 e. The van der Waals surface area contributed by atoms with Gasteiger partial charge in [0.2, 0.25) is 0 Å². The summed E-state index contributed by atoms with van der Waals surface area (Å²) < 4.78 is 0. The molecule has 2 fully saturated rings. The number of hydrogen-bond donors (Lipinski definition) is 1. The van der Waals surface area contributed by atoms with Crippen LogP contribution in [-0.2, 0) is 13.0 Å². The van der Waals surface area contributed by atoms with Gasteiger partial charge in [0, 0.05) is 30.6 Å². The molecular weight excluding hydrogens is 280 g/mol. The van der Waals surface area contributed by atoms with Gasteiger partial charge in [-0.3, -0.25) is 4.90 Å². The minimum Gasteiger partial charge on any atom is -0.346 e. The van der Waals surface area contributed by atoms with Crippen LogP contribution < -0.4 is 10.6 Å². The second-order valence-corrected chi connectivity index (χ2v) is 7.37. The number of hydrogen-bond acceptors (Lipinski definition) is 5. The van der Waals surface area contributed by atoms with Crippen LogP contribution in [0.15, 0.2) is 0 Å². The van der Waals surface area contributed by atoms with Crippen molar-refractivity contribution < 1.29 is 0 Å². The van der Waals surface area contributed by atoms with Gasteiger partial charge in [-0.2, -0.15) is 0 Å². The van der Waals surface area contributed by atoms with Gasteiger partial charge in [-0.15, -0.1) is 11.3 Å². The summed E-state index contributed by atoms with van der Waals surface area (Å²) in [6, 6.07) is 0.741. The zero-order valence-electron chi connectivity index (χ0n) is 13.2. The molecule has 2 aliphatic heterocycles. The molecule has 2 aliphatic rings. The Hall–Kier alpha value is -0.650.